The number of amides is 1. The van der Waals surface area contributed by atoms with E-state index < -0.39 is 5.82 Å². The van der Waals surface area contributed by atoms with E-state index in [1.807, 2.05) is 0 Å². The summed E-state index contributed by atoms with van der Waals surface area (Å²) in [4.78, 5) is 16.2. The van der Waals surface area contributed by atoms with E-state index >= 15 is 0 Å². The van der Waals surface area contributed by atoms with Gasteiger partial charge in [0.05, 0.1) is 11.6 Å². The van der Waals surface area contributed by atoms with E-state index in [0.29, 0.717) is 15.7 Å². The third-order valence-electron chi connectivity index (χ3n) is 2.68. The predicted octanol–water partition coefficient (Wildman–Crippen LogP) is 3.73. The Labute approximate surface area is 119 Å². The van der Waals surface area contributed by atoms with Crippen LogP contribution in [0.15, 0.2) is 30.5 Å². The molecule has 3 nitrogen and oxygen atoms in total. The topological polar surface area (TPSA) is 36.1 Å². The highest BCUT2D eigenvalue weighted by molar-refractivity contribution is 6.31. The van der Waals surface area contributed by atoms with Crippen molar-refractivity contribution in [1.29, 1.82) is 0 Å². The summed E-state index contributed by atoms with van der Waals surface area (Å²) in [5.74, 6) is -0.720. The van der Waals surface area contributed by atoms with Gasteiger partial charge in [0, 0.05) is 23.8 Å². The van der Waals surface area contributed by atoms with Crippen molar-refractivity contribution < 1.29 is 9.18 Å². The summed E-state index contributed by atoms with van der Waals surface area (Å²) in [6, 6.07) is 5.94. The first-order valence-electron chi connectivity index (χ1n) is 5.51. The van der Waals surface area contributed by atoms with Gasteiger partial charge in [0.1, 0.15) is 11.5 Å². The molecular weight excluding hydrogens is 290 g/mol. The number of halogens is 3. The van der Waals surface area contributed by atoms with Crippen molar-refractivity contribution >= 4 is 29.1 Å². The average Bonchev–Trinajstić information content (AvgIpc) is 2.79. The number of aromatic amines is 1. The Kier molecular flexibility index (Phi) is 4.12. The number of hydrogen-bond donors (Lipinski definition) is 1. The minimum Gasteiger partial charge on any atom is -0.356 e. The lowest BCUT2D eigenvalue weighted by molar-refractivity contribution is 0.0779. The molecule has 0 spiro atoms. The summed E-state index contributed by atoms with van der Waals surface area (Å²) in [6.07, 6.45) is 1.51. The highest BCUT2D eigenvalue weighted by Gasteiger charge is 2.16. The second kappa shape index (κ2) is 5.63. The number of hydrogen-bond acceptors (Lipinski definition) is 1. The van der Waals surface area contributed by atoms with Crippen LogP contribution in [0, 0.1) is 5.82 Å². The number of benzene rings is 1. The molecule has 0 atom stereocenters. The fourth-order valence-electron chi connectivity index (χ4n) is 1.69. The van der Waals surface area contributed by atoms with Gasteiger partial charge in [-0.2, -0.15) is 0 Å². The van der Waals surface area contributed by atoms with Gasteiger partial charge < -0.3 is 9.88 Å². The summed E-state index contributed by atoms with van der Waals surface area (Å²) >= 11 is 11.7. The van der Waals surface area contributed by atoms with Crippen LogP contribution in [0.5, 0.6) is 0 Å². The quantitative estimate of drug-likeness (QED) is 0.921. The van der Waals surface area contributed by atoms with Crippen molar-refractivity contribution in [3.8, 4) is 0 Å². The summed E-state index contributed by atoms with van der Waals surface area (Å²) in [5.41, 5.74) is 0.637. The van der Waals surface area contributed by atoms with Crippen LogP contribution >= 0.6 is 23.2 Å². The van der Waals surface area contributed by atoms with E-state index in [1.54, 1.807) is 13.1 Å². The molecule has 0 bridgehead atoms. The maximum Gasteiger partial charge on any atom is 0.270 e. The molecule has 6 heteroatoms. The Morgan fingerprint density at radius 3 is 2.74 bits per heavy atom. The lowest BCUT2D eigenvalue weighted by atomic mass is 10.2. The Balaban J connectivity index is 2.17. The minimum absolute atomic E-state index is 0.0843. The Morgan fingerprint density at radius 1 is 1.42 bits per heavy atom. The van der Waals surface area contributed by atoms with Crippen LogP contribution in [0.2, 0.25) is 10.0 Å². The van der Waals surface area contributed by atoms with Gasteiger partial charge in [-0.15, -0.1) is 0 Å². The normalized spacial score (nSPS) is 10.5. The fraction of sp³-hybridized carbons (Fsp3) is 0.154. The molecule has 1 aromatic heterocycles. The molecule has 0 saturated carbocycles. The van der Waals surface area contributed by atoms with E-state index in [1.165, 1.54) is 29.3 Å². The number of H-pyrrole nitrogens is 1. The van der Waals surface area contributed by atoms with Crippen LogP contribution in [-0.4, -0.2) is 22.8 Å². The van der Waals surface area contributed by atoms with Gasteiger partial charge in [-0.05, 0) is 18.2 Å². The molecule has 0 radical (unpaired) electrons. The number of carbonyl (C=O) groups is 1. The molecular formula is C13H11Cl2FN2O. The van der Waals surface area contributed by atoms with E-state index in [4.69, 9.17) is 23.2 Å². The minimum atomic E-state index is -0.434. The van der Waals surface area contributed by atoms with E-state index in [-0.39, 0.29) is 18.0 Å². The second-order valence-corrected chi connectivity index (χ2v) is 4.94. The Bertz CT molecular complexity index is 592. The molecule has 0 aliphatic heterocycles. The van der Waals surface area contributed by atoms with Crippen LogP contribution in [-0.2, 0) is 6.54 Å². The molecule has 1 heterocycles. The Hall–Kier alpha value is -1.52. The summed E-state index contributed by atoms with van der Waals surface area (Å²) < 4.78 is 13.6. The second-order valence-electron chi connectivity index (χ2n) is 4.09. The lowest BCUT2D eigenvalue weighted by Gasteiger charge is -2.17. The van der Waals surface area contributed by atoms with Gasteiger partial charge in [0.2, 0.25) is 0 Å². The van der Waals surface area contributed by atoms with Gasteiger partial charge in [0.25, 0.3) is 5.91 Å². The summed E-state index contributed by atoms with van der Waals surface area (Å²) in [6.45, 7) is 0.0843. The van der Waals surface area contributed by atoms with Crippen LogP contribution in [0.25, 0.3) is 0 Å². The van der Waals surface area contributed by atoms with Gasteiger partial charge in [-0.1, -0.05) is 29.3 Å². The van der Waals surface area contributed by atoms with Crippen LogP contribution in [0.4, 0.5) is 4.39 Å². The van der Waals surface area contributed by atoms with Crippen molar-refractivity contribution in [1.82, 2.24) is 9.88 Å². The molecule has 1 aromatic carbocycles. The maximum absolute atomic E-state index is 13.6. The van der Waals surface area contributed by atoms with E-state index in [9.17, 15) is 9.18 Å². The van der Waals surface area contributed by atoms with Crippen molar-refractivity contribution in [2.24, 2.45) is 0 Å². The molecule has 0 fully saturated rings. The molecule has 100 valence electrons. The number of aromatic nitrogens is 1. The molecule has 2 rings (SSSR count). The molecule has 0 aliphatic rings. The summed E-state index contributed by atoms with van der Waals surface area (Å²) in [5, 5.41) is 0.741. The SMILES string of the molecule is CN(Cc1c(F)cccc1Cl)C(=O)c1cc(Cl)c[nH]1. The van der Waals surface area contributed by atoms with Gasteiger partial charge in [0.15, 0.2) is 0 Å². The van der Waals surface area contributed by atoms with E-state index in [0.717, 1.165) is 0 Å². The highest BCUT2D eigenvalue weighted by atomic mass is 35.5. The molecule has 0 aliphatic carbocycles. The molecule has 0 unspecified atom stereocenters. The van der Waals surface area contributed by atoms with Crippen molar-refractivity contribution in [3.63, 3.8) is 0 Å². The Morgan fingerprint density at radius 2 is 2.16 bits per heavy atom. The number of nitrogens with zero attached hydrogens (tertiary/aromatic N) is 1. The predicted molar refractivity (Wildman–Crippen MR) is 73.0 cm³/mol. The van der Waals surface area contributed by atoms with Crippen LogP contribution in [0.1, 0.15) is 16.1 Å². The fourth-order valence-corrected chi connectivity index (χ4v) is 2.08. The molecule has 0 saturated heterocycles. The average molecular weight is 301 g/mol. The number of rotatable bonds is 3. The van der Waals surface area contributed by atoms with Crippen LogP contribution in [0.3, 0.4) is 0 Å². The lowest BCUT2D eigenvalue weighted by Crippen LogP contribution is -2.27. The van der Waals surface area contributed by atoms with Crippen LogP contribution < -0.4 is 0 Å². The third-order valence-corrected chi connectivity index (χ3v) is 3.25. The van der Waals surface area contributed by atoms with Crippen molar-refractivity contribution in [3.05, 3.63) is 57.6 Å². The number of nitrogens with one attached hydrogen (secondary N) is 1. The highest BCUT2D eigenvalue weighted by Crippen LogP contribution is 2.21. The molecule has 2 aromatic rings. The van der Waals surface area contributed by atoms with E-state index in [2.05, 4.69) is 4.98 Å². The zero-order valence-corrected chi connectivity index (χ0v) is 11.6. The molecule has 1 N–H and O–H groups in total. The first-order valence-corrected chi connectivity index (χ1v) is 6.27. The van der Waals surface area contributed by atoms with Crippen molar-refractivity contribution in [2.75, 3.05) is 7.05 Å². The molecule has 1 amide bonds. The monoisotopic (exact) mass is 300 g/mol. The zero-order chi connectivity index (χ0) is 14.0. The first kappa shape index (κ1) is 13.9. The largest absolute Gasteiger partial charge is 0.356 e. The summed E-state index contributed by atoms with van der Waals surface area (Å²) in [7, 11) is 1.57. The zero-order valence-electron chi connectivity index (χ0n) is 10.1. The standard InChI is InChI=1S/C13H11Cl2FN2O/c1-18(13(19)12-5-8(14)6-17-12)7-9-10(15)3-2-4-11(9)16/h2-6,17H,7H2,1H3. The maximum atomic E-state index is 13.6. The van der Waals surface area contributed by atoms with Gasteiger partial charge in [-0.25, -0.2) is 4.39 Å². The van der Waals surface area contributed by atoms with Gasteiger partial charge >= 0.3 is 0 Å². The first-order chi connectivity index (χ1) is 8.99. The molecule has 19 heavy (non-hydrogen) atoms. The van der Waals surface area contributed by atoms with Gasteiger partial charge in [-0.3, -0.25) is 4.79 Å². The third kappa shape index (κ3) is 3.08. The number of carbonyl (C=O) groups excluding carboxylic acids is 1. The smallest absolute Gasteiger partial charge is 0.270 e. The van der Waals surface area contributed by atoms with Crippen molar-refractivity contribution in [2.45, 2.75) is 6.54 Å².